The van der Waals surface area contributed by atoms with Crippen LogP contribution in [0.25, 0.3) is 21.5 Å². The number of phenolic OH excluding ortho intramolecular Hbond substituents is 2. The average Bonchev–Trinajstić information content (AvgIpc) is 2.93. The molecule has 6 aromatic carbocycles. The first-order valence-corrected chi connectivity index (χ1v) is 12.3. The number of fused-ring (bicyclic) bond motifs is 2. The summed E-state index contributed by atoms with van der Waals surface area (Å²) in [6, 6.07) is 39.7. The van der Waals surface area contributed by atoms with Gasteiger partial charge in [0, 0.05) is 29.2 Å². The maximum Gasteiger partial charge on any atom is 0.115 e. The molecule has 37 heavy (non-hydrogen) atoms. The first kappa shape index (κ1) is 22.5. The molecule has 0 bridgehead atoms. The van der Waals surface area contributed by atoms with Crippen molar-refractivity contribution in [3.8, 4) is 11.5 Å². The smallest absolute Gasteiger partial charge is 0.115 e. The van der Waals surface area contributed by atoms with E-state index >= 15 is 0 Å². The van der Waals surface area contributed by atoms with Crippen LogP contribution in [-0.2, 0) is 6.42 Å². The molecular formula is C33H26N2O2. The van der Waals surface area contributed by atoms with E-state index in [1.165, 1.54) is 32.7 Å². The van der Waals surface area contributed by atoms with E-state index in [2.05, 4.69) is 83.4 Å². The fourth-order valence-corrected chi connectivity index (χ4v) is 4.86. The third-order valence-corrected chi connectivity index (χ3v) is 6.73. The van der Waals surface area contributed by atoms with Crippen LogP contribution in [0.2, 0.25) is 0 Å². The van der Waals surface area contributed by atoms with Crippen molar-refractivity contribution in [2.75, 3.05) is 10.6 Å². The van der Waals surface area contributed by atoms with Crippen LogP contribution in [-0.4, -0.2) is 10.2 Å². The van der Waals surface area contributed by atoms with Gasteiger partial charge in [0.25, 0.3) is 0 Å². The van der Waals surface area contributed by atoms with Gasteiger partial charge in [0.05, 0.1) is 0 Å². The summed E-state index contributed by atoms with van der Waals surface area (Å²) in [5.74, 6) is 0.481. The van der Waals surface area contributed by atoms with Gasteiger partial charge in [-0.1, -0.05) is 60.7 Å². The molecule has 180 valence electrons. The third-order valence-electron chi connectivity index (χ3n) is 6.73. The molecule has 4 nitrogen and oxygen atoms in total. The maximum atomic E-state index is 9.73. The van der Waals surface area contributed by atoms with Gasteiger partial charge in [-0.25, -0.2) is 0 Å². The minimum Gasteiger partial charge on any atom is -0.508 e. The van der Waals surface area contributed by atoms with Crippen molar-refractivity contribution in [3.63, 3.8) is 0 Å². The Bertz CT molecular complexity index is 1580. The van der Waals surface area contributed by atoms with E-state index in [0.29, 0.717) is 6.42 Å². The zero-order valence-corrected chi connectivity index (χ0v) is 20.1. The molecule has 6 rings (SSSR count). The summed E-state index contributed by atoms with van der Waals surface area (Å²) in [6.07, 6.45) is 0.698. The second-order valence-corrected chi connectivity index (χ2v) is 9.15. The van der Waals surface area contributed by atoms with Crippen LogP contribution in [0.4, 0.5) is 22.7 Å². The van der Waals surface area contributed by atoms with Gasteiger partial charge in [-0.2, -0.15) is 0 Å². The lowest BCUT2D eigenvalue weighted by molar-refractivity contribution is 0.475. The maximum absolute atomic E-state index is 9.73. The lowest BCUT2D eigenvalue weighted by Crippen LogP contribution is -2.02. The molecule has 0 aliphatic rings. The molecule has 0 atom stereocenters. The molecule has 0 spiro atoms. The highest BCUT2D eigenvalue weighted by atomic mass is 16.3. The summed E-state index contributed by atoms with van der Waals surface area (Å²) in [4.78, 5) is 0. The van der Waals surface area contributed by atoms with Crippen LogP contribution in [0.15, 0.2) is 121 Å². The minimum atomic E-state index is 0.241. The molecule has 0 saturated heterocycles. The molecule has 0 radical (unpaired) electrons. The van der Waals surface area contributed by atoms with Crippen molar-refractivity contribution in [2.24, 2.45) is 0 Å². The van der Waals surface area contributed by atoms with E-state index < -0.39 is 0 Å². The quantitative estimate of drug-likeness (QED) is 0.180. The summed E-state index contributed by atoms with van der Waals surface area (Å²) in [5.41, 5.74) is 6.25. The van der Waals surface area contributed by atoms with Crippen molar-refractivity contribution in [2.45, 2.75) is 6.42 Å². The topological polar surface area (TPSA) is 64.5 Å². The minimum absolute atomic E-state index is 0.241. The van der Waals surface area contributed by atoms with Gasteiger partial charge < -0.3 is 20.8 Å². The average molecular weight is 483 g/mol. The van der Waals surface area contributed by atoms with Crippen molar-refractivity contribution < 1.29 is 10.2 Å². The molecule has 0 aliphatic heterocycles. The lowest BCUT2D eigenvalue weighted by Gasteiger charge is -2.19. The number of aromatic hydroxyl groups is 2. The van der Waals surface area contributed by atoms with Gasteiger partial charge in [-0.05, 0) is 93.3 Å². The molecule has 4 N–H and O–H groups in total. The Balaban J connectivity index is 1.50. The van der Waals surface area contributed by atoms with Gasteiger partial charge in [0.1, 0.15) is 11.5 Å². The van der Waals surface area contributed by atoms with E-state index in [4.69, 9.17) is 0 Å². The Morgan fingerprint density at radius 3 is 1.27 bits per heavy atom. The monoisotopic (exact) mass is 482 g/mol. The van der Waals surface area contributed by atoms with Crippen LogP contribution in [0.1, 0.15) is 11.1 Å². The van der Waals surface area contributed by atoms with Crippen molar-refractivity contribution in [1.82, 2.24) is 0 Å². The van der Waals surface area contributed by atoms with E-state index in [-0.39, 0.29) is 11.5 Å². The van der Waals surface area contributed by atoms with Gasteiger partial charge in [-0.15, -0.1) is 0 Å². The molecule has 0 heterocycles. The standard InChI is InChI=1S/C33H26N2O2/c36-26-15-11-24(12-16-26)34-32-19-9-22-5-1-3-7-28(22)30(32)21-31-29-8-4-2-6-23(29)10-20-33(31)35-25-13-17-27(37)18-14-25/h1-20,34-37H,21H2. The molecule has 0 aromatic heterocycles. The second-order valence-electron chi connectivity index (χ2n) is 9.15. The van der Waals surface area contributed by atoms with Gasteiger partial charge in [0.2, 0.25) is 0 Å². The summed E-state index contributed by atoms with van der Waals surface area (Å²) >= 11 is 0. The zero-order chi connectivity index (χ0) is 25.2. The number of phenols is 2. The third kappa shape index (κ3) is 4.65. The number of hydrogen-bond donors (Lipinski definition) is 4. The Labute approximate surface area is 215 Å². The SMILES string of the molecule is Oc1ccc(Nc2ccc3ccccc3c2Cc2c(Nc3ccc(O)cc3)ccc3ccccc23)cc1. The van der Waals surface area contributed by atoms with Gasteiger partial charge >= 0.3 is 0 Å². The number of hydrogen-bond acceptors (Lipinski definition) is 4. The molecule has 0 fully saturated rings. The summed E-state index contributed by atoms with van der Waals surface area (Å²) in [7, 11) is 0. The molecular weight excluding hydrogens is 456 g/mol. The summed E-state index contributed by atoms with van der Waals surface area (Å²) < 4.78 is 0. The molecule has 0 amide bonds. The molecule has 6 aromatic rings. The first-order valence-electron chi connectivity index (χ1n) is 12.3. The van der Waals surface area contributed by atoms with Crippen molar-refractivity contribution >= 4 is 44.3 Å². The Kier molecular flexibility index (Phi) is 5.83. The van der Waals surface area contributed by atoms with Crippen LogP contribution < -0.4 is 10.6 Å². The summed E-state index contributed by atoms with van der Waals surface area (Å²) in [6.45, 7) is 0. The number of benzene rings is 6. The lowest BCUT2D eigenvalue weighted by atomic mass is 9.92. The number of nitrogens with one attached hydrogen (secondary N) is 2. The van der Waals surface area contributed by atoms with Crippen LogP contribution in [0.3, 0.4) is 0 Å². The molecule has 4 heteroatoms. The summed E-state index contributed by atoms with van der Waals surface area (Å²) in [5, 5.41) is 31.4. The predicted octanol–water partition coefficient (Wildman–Crippen LogP) is 8.48. The first-order chi connectivity index (χ1) is 18.1. The highest BCUT2D eigenvalue weighted by Gasteiger charge is 2.15. The Morgan fingerprint density at radius 2 is 0.838 bits per heavy atom. The van der Waals surface area contributed by atoms with E-state index in [1.807, 2.05) is 24.3 Å². The zero-order valence-electron chi connectivity index (χ0n) is 20.1. The Hall–Kier alpha value is -4.96. The van der Waals surface area contributed by atoms with E-state index in [9.17, 15) is 10.2 Å². The number of anilines is 4. The highest BCUT2D eigenvalue weighted by molar-refractivity contribution is 5.95. The van der Waals surface area contributed by atoms with Crippen LogP contribution in [0.5, 0.6) is 11.5 Å². The van der Waals surface area contributed by atoms with Crippen molar-refractivity contribution in [3.05, 3.63) is 132 Å². The molecule has 0 unspecified atom stereocenters. The number of rotatable bonds is 6. The van der Waals surface area contributed by atoms with E-state index in [1.54, 1.807) is 24.3 Å². The molecule has 0 aliphatic carbocycles. The van der Waals surface area contributed by atoms with E-state index in [0.717, 1.165) is 22.7 Å². The van der Waals surface area contributed by atoms with Crippen LogP contribution in [0, 0.1) is 0 Å². The van der Waals surface area contributed by atoms with Crippen LogP contribution >= 0.6 is 0 Å². The molecule has 0 saturated carbocycles. The van der Waals surface area contributed by atoms with Crippen molar-refractivity contribution in [1.29, 1.82) is 0 Å². The fourth-order valence-electron chi connectivity index (χ4n) is 4.86. The van der Waals surface area contributed by atoms with Gasteiger partial charge in [0.15, 0.2) is 0 Å². The Morgan fingerprint density at radius 1 is 0.432 bits per heavy atom. The normalized spacial score (nSPS) is 11.0. The predicted molar refractivity (Wildman–Crippen MR) is 153 cm³/mol. The highest BCUT2D eigenvalue weighted by Crippen LogP contribution is 2.36. The van der Waals surface area contributed by atoms with Gasteiger partial charge in [-0.3, -0.25) is 0 Å². The largest absolute Gasteiger partial charge is 0.508 e. The second kappa shape index (κ2) is 9.59. The fraction of sp³-hybridized carbons (Fsp3) is 0.0303.